The summed E-state index contributed by atoms with van der Waals surface area (Å²) in [5, 5.41) is 0. The normalized spacial score (nSPS) is 10.4. The van der Waals surface area contributed by atoms with E-state index in [0.29, 0.717) is 12.2 Å². The molecule has 1 aromatic heterocycles. The highest BCUT2D eigenvalue weighted by atomic mass is 35.5. The van der Waals surface area contributed by atoms with Crippen LogP contribution in [0.15, 0.2) is 18.3 Å². The number of ether oxygens (including phenoxy) is 1. The second-order valence-electron chi connectivity index (χ2n) is 2.97. The monoisotopic (exact) mass is 292 g/mol. The van der Waals surface area contributed by atoms with Gasteiger partial charge in [0.15, 0.2) is 0 Å². The third-order valence-corrected chi connectivity index (χ3v) is 1.64. The molecule has 0 spiro atoms. The van der Waals surface area contributed by atoms with Gasteiger partial charge in [0, 0.05) is 12.7 Å². The van der Waals surface area contributed by atoms with Gasteiger partial charge in [-0.1, -0.05) is 6.07 Å². The molecule has 3 nitrogen and oxygen atoms in total. The Morgan fingerprint density at radius 3 is 2.29 bits per heavy atom. The summed E-state index contributed by atoms with van der Waals surface area (Å²) in [6, 6.07) is 3.30. The van der Waals surface area contributed by atoms with Gasteiger partial charge in [0.05, 0.1) is 12.3 Å². The Morgan fingerprint density at radius 2 is 1.88 bits per heavy atom. The van der Waals surface area contributed by atoms with Crippen LogP contribution in [0.5, 0.6) is 0 Å². The molecule has 0 saturated carbocycles. The topological polar surface area (TPSA) is 48.1 Å². The van der Waals surface area contributed by atoms with Crippen LogP contribution >= 0.6 is 24.8 Å². The molecule has 1 aromatic rings. The third kappa shape index (κ3) is 8.20. The number of nitrogens with zero attached hydrogens (tertiary/aromatic N) is 1. The van der Waals surface area contributed by atoms with Crippen LogP contribution in [0.1, 0.15) is 11.3 Å². The number of rotatable bonds is 4. The Hall–Kier alpha value is -0.560. The van der Waals surface area contributed by atoms with Crippen molar-refractivity contribution in [1.82, 2.24) is 4.98 Å². The molecule has 1 rings (SSSR count). The summed E-state index contributed by atoms with van der Waals surface area (Å²) < 4.78 is 39.6. The van der Waals surface area contributed by atoms with Gasteiger partial charge in [-0.25, -0.2) is 0 Å². The smallest absolute Gasteiger partial charge is 0.366 e. The first-order chi connectivity index (χ1) is 7.01. The maximum atomic E-state index is 11.7. The fourth-order valence-corrected chi connectivity index (χ4v) is 0.933. The zero-order valence-corrected chi connectivity index (χ0v) is 10.4. The standard InChI is InChI=1S/C9H11F3N2O.2ClH/c10-9(11,12)6-15-5-8-2-1-7(3-13)4-14-8;;/h1-2,4H,3,5-6,13H2;2*1H. The van der Waals surface area contributed by atoms with Crippen molar-refractivity contribution < 1.29 is 17.9 Å². The van der Waals surface area contributed by atoms with Crippen LogP contribution in [0, 0.1) is 0 Å². The van der Waals surface area contributed by atoms with Crippen LogP contribution in [0.25, 0.3) is 0 Å². The van der Waals surface area contributed by atoms with E-state index in [4.69, 9.17) is 5.73 Å². The Balaban J connectivity index is 0. The van der Waals surface area contributed by atoms with E-state index < -0.39 is 12.8 Å². The lowest BCUT2D eigenvalue weighted by atomic mass is 10.2. The molecule has 2 N–H and O–H groups in total. The van der Waals surface area contributed by atoms with E-state index in [1.807, 2.05) is 0 Å². The van der Waals surface area contributed by atoms with Crippen molar-refractivity contribution in [3.05, 3.63) is 29.6 Å². The van der Waals surface area contributed by atoms with E-state index in [0.717, 1.165) is 5.56 Å². The minimum absolute atomic E-state index is 0. The molecule has 100 valence electrons. The van der Waals surface area contributed by atoms with Gasteiger partial charge >= 0.3 is 6.18 Å². The van der Waals surface area contributed by atoms with Crippen LogP contribution in [0.3, 0.4) is 0 Å². The first kappa shape index (κ1) is 18.8. The van der Waals surface area contributed by atoms with Gasteiger partial charge in [-0.15, -0.1) is 24.8 Å². The Kier molecular flexibility index (Phi) is 9.42. The molecular weight excluding hydrogens is 280 g/mol. The second kappa shape index (κ2) is 8.52. The number of nitrogens with two attached hydrogens (primary N) is 1. The number of halogens is 5. The predicted molar refractivity (Wildman–Crippen MR) is 62.3 cm³/mol. The molecule has 0 amide bonds. The van der Waals surface area contributed by atoms with E-state index >= 15 is 0 Å². The maximum absolute atomic E-state index is 11.7. The largest absolute Gasteiger partial charge is 0.411 e. The highest BCUT2D eigenvalue weighted by Crippen LogP contribution is 2.15. The minimum Gasteiger partial charge on any atom is -0.366 e. The van der Waals surface area contributed by atoms with E-state index in [-0.39, 0.29) is 31.4 Å². The van der Waals surface area contributed by atoms with Crippen molar-refractivity contribution in [2.24, 2.45) is 5.73 Å². The molecule has 0 aliphatic heterocycles. The summed E-state index contributed by atoms with van der Waals surface area (Å²) in [4.78, 5) is 3.90. The number of alkyl halides is 3. The molecule has 0 fully saturated rings. The zero-order chi connectivity index (χ0) is 11.3. The summed E-state index contributed by atoms with van der Waals surface area (Å²) in [6.45, 7) is -1.05. The van der Waals surface area contributed by atoms with Gasteiger partial charge in [0.1, 0.15) is 6.61 Å². The summed E-state index contributed by atoms with van der Waals surface area (Å²) in [6.07, 6.45) is -2.77. The summed E-state index contributed by atoms with van der Waals surface area (Å²) in [5.74, 6) is 0. The summed E-state index contributed by atoms with van der Waals surface area (Å²) >= 11 is 0. The van der Waals surface area contributed by atoms with Gasteiger partial charge < -0.3 is 10.5 Å². The van der Waals surface area contributed by atoms with Crippen molar-refractivity contribution >= 4 is 24.8 Å². The second-order valence-corrected chi connectivity index (χ2v) is 2.97. The molecule has 0 saturated heterocycles. The molecule has 17 heavy (non-hydrogen) atoms. The van der Waals surface area contributed by atoms with E-state index in [1.165, 1.54) is 6.20 Å². The van der Waals surface area contributed by atoms with Crippen LogP contribution < -0.4 is 5.73 Å². The molecule has 0 radical (unpaired) electrons. The van der Waals surface area contributed by atoms with E-state index in [2.05, 4.69) is 9.72 Å². The average Bonchev–Trinajstić information content (AvgIpc) is 2.17. The van der Waals surface area contributed by atoms with Crippen LogP contribution in [0.4, 0.5) is 13.2 Å². The molecule has 0 bridgehead atoms. The average molecular weight is 293 g/mol. The molecule has 0 unspecified atom stereocenters. The van der Waals surface area contributed by atoms with Gasteiger partial charge in [-0.05, 0) is 11.6 Å². The van der Waals surface area contributed by atoms with Crippen molar-refractivity contribution in [3.63, 3.8) is 0 Å². The van der Waals surface area contributed by atoms with Crippen LogP contribution in [-0.2, 0) is 17.9 Å². The number of pyridine rings is 1. The number of hydrogen-bond acceptors (Lipinski definition) is 3. The van der Waals surface area contributed by atoms with Gasteiger partial charge in [0.2, 0.25) is 0 Å². The fraction of sp³-hybridized carbons (Fsp3) is 0.444. The van der Waals surface area contributed by atoms with E-state index in [1.54, 1.807) is 12.1 Å². The number of aromatic nitrogens is 1. The highest BCUT2D eigenvalue weighted by Gasteiger charge is 2.27. The Bertz CT molecular complexity index is 306. The molecule has 8 heteroatoms. The molecule has 0 aliphatic rings. The minimum atomic E-state index is -4.29. The van der Waals surface area contributed by atoms with Crippen molar-refractivity contribution in [3.8, 4) is 0 Å². The highest BCUT2D eigenvalue weighted by molar-refractivity contribution is 5.85. The van der Waals surface area contributed by atoms with Gasteiger partial charge in [0.25, 0.3) is 0 Å². The van der Waals surface area contributed by atoms with Crippen molar-refractivity contribution in [2.75, 3.05) is 6.61 Å². The molecule has 0 aromatic carbocycles. The van der Waals surface area contributed by atoms with Crippen molar-refractivity contribution in [2.45, 2.75) is 19.3 Å². The summed E-state index contributed by atoms with van der Waals surface area (Å²) in [7, 11) is 0. The molecular formula is C9H13Cl2F3N2O. The molecule has 1 heterocycles. The number of hydrogen-bond donors (Lipinski definition) is 1. The SMILES string of the molecule is Cl.Cl.NCc1ccc(COCC(F)(F)F)nc1. The molecule has 0 atom stereocenters. The fourth-order valence-electron chi connectivity index (χ4n) is 0.933. The van der Waals surface area contributed by atoms with Crippen LogP contribution in [-0.4, -0.2) is 17.8 Å². The lowest BCUT2D eigenvalue weighted by molar-refractivity contribution is -0.176. The van der Waals surface area contributed by atoms with Gasteiger partial charge in [-0.2, -0.15) is 13.2 Å². The predicted octanol–water partition coefficient (Wildman–Crippen LogP) is 2.46. The third-order valence-electron chi connectivity index (χ3n) is 1.64. The molecule has 0 aliphatic carbocycles. The Morgan fingerprint density at radius 1 is 1.24 bits per heavy atom. The lowest BCUT2D eigenvalue weighted by Gasteiger charge is -2.07. The first-order valence-electron chi connectivity index (χ1n) is 4.29. The van der Waals surface area contributed by atoms with Crippen LogP contribution in [0.2, 0.25) is 0 Å². The summed E-state index contributed by atoms with van der Waals surface area (Å²) in [5.41, 5.74) is 6.62. The van der Waals surface area contributed by atoms with Gasteiger partial charge in [-0.3, -0.25) is 4.98 Å². The lowest BCUT2D eigenvalue weighted by Crippen LogP contribution is -2.16. The Labute approximate surface area is 109 Å². The van der Waals surface area contributed by atoms with Crippen molar-refractivity contribution in [1.29, 1.82) is 0 Å². The quantitative estimate of drug-likeness (QED) is 0.927. The zero-order valence-electron chi connectivity index (χ0n) is 8.74. The first-order valence-corrected chi connectivity index (χ1v) is 4.29. The van der Waals surface area contributed by atoms with E-state index in [9.17, 15) is 13.2 Å². The maximum Gasteiger partial charge on any atom is 0.411 e.